The van der Waals surface area contributed by atoms with Crippen LogP contribution in [0.25, 0.3) is 0 Å². The third-order valence-corrected chi connectivity index (χ3v) is 4.72. The Hall–Kier alpha value is -0.570. The first-order chi connectivity index (χ1) is 11.2. The summed E-state index contributed by atoms with van der Waals surface area (Å²) in [6.07, 6.45) is 19.4. The van der Waals surface area contributed by atoms with Crippen molar-refractivity contribution >= 4 is 5.97 Å². The lowest BCUT2D eigenvalue weighted by Crippen LogP contribution is -2.00. The third kappa shape index (κ3) is 12.5. The Bertz CT molecular complexity index is 291. The highest BCUT2D eigenvalue weighted by Crippen LogP contribution is 2.31. The van der Waals surface area contributed by atoms with Crippen LogP contribution < -0.4 is 0 Å². The summed E-state index contributed by atoms with van der Waals surface area (Å²) in [5.74, 6) is -0.162. The molecule has 2 unspecified atom stereocenters. The summed E-state index contributed by atoms with van der Waals surface area (Å²) in [7, 11) is 0. The second kappa shape index (κ2) is 13.8. The second-order valence-electron chi connectivity index (χ2n) is 7.02. The summed E-state index contributed by atoms with van der Waals surface area (Å²) in [6, 6.07) is 0. The van der Waals surface area contributed by atoms with E-state index in [2.05, 4.69) is 6.92 Å². The van der Waals surface area contributed by atoms with Crippen LogP contribution in [0.2, 0.25) is 0 Å². The Labute approximate surface area is 143 Å². The van der Waals surface area contributed by atoms with E-state index < -0.39 is 0 Å². The van der Waals surface area contributed by atoms with Crippen LogP contribution >= 0.6 is 0 Å². The van der Waals surface area contributed by atoms with E-state index in [1.165, 1.54) is 90.4 Å². The van der Waals surface area contributed by atoms with E-state index in [-0.39, 0.29) is 5.97 Å². The van der Waals surface area contributed by atoms with E-state index >= 15 is 0 Å². The van der Waals surface area contributed by atoms with Gasteiger partial charge in [-0.3, -0.25) is 4.79 Å². The van der Waals surface area contributed by atoms with Gasteiger partial charge in [0, 0.05) is 6.92 Å². The first kappa shape index (κ1) is 20.5. The molecule has 0 N–H and O–H groups in total. The molecule has 0 spiro atoms. The number of carbonyl (C=O) groups is 1. The molecule has 1 heterocycles. The zero-order valence-corrected chi connectivity index (χ0v) is 15.5. The highest BCUT2D eigenvalue weighted by Gasteiger charge is 2.36. The normalized spacial score (nSPS) is 19.7. The summed E-state index contributed by atoms with van der Waals surface area (Å²) < 4.78 is 10.7. The first-order valence-electron chi connectivity index (χ1n) is 10.0. The zero-order chi connectivity index (χ0) is 16.8. The molecule has 1 saturated heterocycles. The molecule has 1 aliphatic heterocycles. The van der Waals surface area contributed by atoms with Crippen LogP contribution in [0.15, 0.2) is 0 Å². The van der Waals surface area contributed by atoms with Gasteiger partial charge in [0.1, 0.15) is 0 Å². The molecule has 0 radical (unpaired) electrons. The van der Waals surface area contributed by atoms with Crippen LogP contribution in [0.5, 0.6) is 0 Å². The quantitative estimate of drug-likeness (QED) is 0.204. The molecule has 136 valence electrons. The third-order valence-electron chi connectivity index (χ3n) is 4.72. The Kier molecular flexibility index (Phi) is 12.3. The highest BCUT2D eigenvalue weighted by atomic mass is 16.6. The number of carbonyl (C=O) groups excluding carboxylic acids is 1. The van der Waals surface area contributed by atoms with E-state index in [9.17, 15) is 4.79 Å². The van der Waals surface area contributed by atoms with Gasteiger partial charge >= 0.3 is 5.97 Å². The van der Waals surface area contributed by atoms with Crippen LogP contribution in [0.4, 0.5) is 0 Å². The predicted octanol–water partition coefficient (Wildman–Crippen LogP) is 5.80. The molecule has 1 rings (SSSR count). The molecule has 23 heavy (non-hydrogen) atoms. The fourth-order valence-corrected chi connectivity index (χ4v) is 3.18. The van der Waals surface area contributed by atoms with Crippen molar-refractivity contribution in [3.8, 4) is 0 Å². The van der Waals surface area contributed by atoms with Crippen molar-refractivity contribution in [3.05, 3.63) is 0 Å². The van der Waals surface area contributed by atoms with Crippen molar-refractivity contribution in [2.45, 2.75) is 116 Å². The Morgan fingerprint density at radius 3 is 1.78 bits per heavy atom. The molecule has 0 bridgehead atoms. The summed E-state index contributed by atoms with van der Waals surface area (Å²) >= 11 is 0. The molecular weight excluding hydrogens is 288 g/mol. The van der Waals surface area contributed by atoms with Crippen LogP contribution in [0.3, 0.4) is 0 Å². The minimum atomic E-state index is -0.162. The van der Waals surface area contributed by atoms with E-state index in [0.29, 0.717) is 18.8 Å². The highest BCUT2D eigenvalue weighted by molar-refractivity contribution is 5.65. The van der Waals surface area contributed by atoms with Crippen LogP contribution in [0.1, 0.15) is 104 Å². The van der Waals surface area contributed by atoms with Gasteiger partial charge in [0.2, 0.25) is 0 Å². The standard InChI is InChI=1S/C20H38O3/c1-3-4-5-6-9-12-15-19-20(23-19)16-13-10-7-8-11-14-17-22-18(2)21/h19-20H,3-17H2,1-2H3. The molecule has 0 aromatic rings. The van der Waals surface area contributed by atoms with Crippen LogP contribution in [0, 0.1) is 0 Å². The van der Waals surface area contributed by atoms with Gasteiger partial charge in [-0.05, 0) is 19.3 Å². The zero-order valence-electron chi connectivity index (χ0n) is 15.5. The number of rotatable bonds is 16. The molecule has 0 saturated carbocycles. The monoisotopic (exact) mass is 326 g/mol. The molecule has 1 fully saturated rings. The average Bonchev–Trinajstić information content (AvgIpc) is 3.27. The van der Waals surface area contributed by atoms with Gasteiger partial charge in [-0.25, -0.2) is 0 Å². The molecule has 0 aromatic carbocycles. The maximum atomic E-state index is 10.6. The number of unbranched alkanes of at least 4 members (excludes halogenated alkanes) is 10. The van der Waals surface area contributed by atoms with E-state index in [1.807, 2.05) is 0 Å². The van der Waals surface area contributed by atoms with Gasteiger partial charge < -0.3 is 9.47 Å². The molecule has 0 amide bonds. The molecule has 2 atom stereocenters. The molecule has 3 heteroatoms. The Morgan fingerprint density at radius 1 is 0.783 bits per heavy atom. The molecule has 0 aliphatic carbocycles. The van der Waals surface area contributed by atoms with E-state index in [4.69, 9.17) is 9.47 Å². The fourth-order valence-electron chi connectivity index (χ4n) is 3.18. The Balaban J connectivity index is 1.74. The number of ether oxygens (including phenoxy) is 2. The van der Waals surface area contributed by atoms with Gasteiger partial charge in [-0.2, -0.15) is 0 Å². The van der Waals surface area contributed by atoms with Crippen molar-refractivity contribution in [1.29, 1.82) is 0 Å². The SMILES string of the molecule is CCCCCCCCC1OC1CCCCCCCCOC(C)=O. The molecule has 0 aromatic heterocycles. The molecular formula is C20H38O3. The van der Waals surface area contributed by atoms with Gasteiger partial charge in [-0.1, -0.05) is 77.6 Å². The van der Waals surface area contributed by atoms with Gasteiger partial charge in [-0.15, -0.1) is 0 Å². The number of hydrogen-bond acceptors (Lipinski definition) is 3. The first-order valence-corrected chi connectivity index (χ1v) is 10.0. The predicted molar refractivity (Wildman–Crippen MR) is 95.6 cm³/mol. The van der Waals surface area contributed by atoms with Crippen molar-refractivity contribution in [2.24, 2.45) is 0 Å². The van der Waals surface area contributed by atoms with Crippen molar-refractivity contribution in [3.63, 3.8) is 0 Å². The summed E-state index contributed by atoms with van der Waals surface area (Å²) in [5, 5.41) is 0. The summed E-state index contributed by atoms with van der Waals surface area (Å²) in [5.41, 5.74) is 0. The minimum Gasteiger partial charge on any atom is -0.466 e. The minimum absolute atomic E-state index is 0.162. The average molecular weight is 327 g/mol. The maximum absolute atomic E-state index is 10.6. The lowest BCUT2D eigenvalue weighted by Gasteiger charge is -2.02. The number of esters is 1. The van der Waals surface area contributed by atoms with Crippen LogP contribution in [-0.4, -0.2) is 24.8 Å². The second-order valence-corrected chi connectivity index (χ2v) is 7.02. The lowest BCUT2D eigenvalue weighted by atomic mass is 10.0. The number of hydrogen-bond donors (Lipinski definition) is 0. The molecule has 1 aliphatic rings. The van der Waals surface area contributed by atoms with Crippen molar-refractivity contribution < 1.29 is 14.3 Å². The van der Waals surface area contributed by atoms with Gasteiger partial charge in [0.05, 0.1) is 18.8 Å². The van der Waals surface area contributed by atoms with Crippen LogP contribution in [-0.2, 0) is 14.3 Å². The topological polar surface area (TPSA) is 38.8 Å². The smallest absolute Gasteiger partial charge is 0.302 e. The Morgan fingerprint density at radius 2 is 1.26 bits per heavy atom. The van der Waals surface area contributed by atoms with Crippen molar-refractivity contribution in [2.75, 3.05) is 6.61 Å². The summed E-state index contributed by atoms with van der Waals surface area (Å²) in [6.45, 7) is 4.33. The van der Waals surface area contributed by atoms with Gasteiger partial charge in [0.15, 0.2) is 0 Å². The van der Waals surface area contributed by atoms with E-state index in [1.54, 1.807) is 0 Å². The van der Waals surface area contributed by atoms with E-state index in [0.717, 1.165) is 6.42 Å². The van der Waals surface area contributed by atoms with Crippen molar-refractivity contribution in [1.82, 2.24) is 0 Å². The fraction of sp³-hybridized carbons (Fsp3) is 0.950. The number of epoxide rings is 1. The summed E-state index contributed by atoms with van der Waals surface area (Å²) in [4.78, 5) is 10.6. The largest absolute Gasteiger partial charge is 0.466 e. The maximum Gasteiger partial charge on any atom is 0.302 e. The lowest BCUT2D eigenvalue weighted by molar-refractivity contribution is -0.141. The van der Waals surface area contributed by atoms with Gasteiger partial charge in [0.25, 0.3) is 0 Å². The molecule has 3 nitrogen and oxygen atoms in total.